The minimum absolute atomic E-state index is 0.149. The lowest BCUT2D eigenvalue weighted by atomic mass is 10.0. The lowest BCUT2D eigenvalue weighted by molar-refractivity contribution is -0.161. The quantitative estimate of drug-likeness (QED) is 0.0199. The number of rotatable bonds is 42. The van der Waals surface area contributed by atoms with Crippen molar-refractivity contribution in [1.29, 1.82) is 0 Å². The Kier molecular flexibility index (Phi) is 39.8. The van der Waals surface area contributed by atoms with Gasteiger partial charge >= 0.3 is 19.8 Å². The Balaban J connectivity index is 4.36. The maximum absolute atomic E-state index is 12.6. The first-order valence-electron chi connectivity index (χ1n) is 23.0. The van der Waals surface area contributed by atoms with Crippen molar-refractivity contribution >= 4 is 19.8 Å². The number of hydrogen-bond acceptors (Lipinski definition) is 10. The summed E-state index contributed by atoms with van der Waals surface area (Å²) in [4.78, 5) is 35.0. The molecule has 0 fully saturated rings. The summed E-state index contributed by atoms with van der Waals surface area (Å²) in [5, 5.41) is 28.2. The maximum Gasteiger partial charge on any atom is 0.472 e. The van der Waals surface area contributed by atoms with Crippen LogP contribution in [0.2, 0.25) is 0 Å². The number of ether oxygens (including phenoxy) is 2. The van der Waals surface area contributed by atoms with E-state index >= 15 is 0 Å². The lowest BCUT2D eigenvalue weighted by Crippen LogP contribution is -2.29. The van der Waals surface area contributed by atoms with Crippen molar-refractivity contribution in [3.8, 4) is 0 Å². The zero-order valence-electron chi connectivity index (χ0n) is 37.2. The number of allylic oxidation sites excluding steroid dienone is 7. The van der Waals surface area contributed by atoms with E-state index in [4.69, 9.17) is 19.1 Å². The summed E-state index contributed by atoms with van der Waals surface area (Å²) >= 11 is 0. The van der Waals surface area contributed by atoms with E-state index in [9.17, 15) is 29.3 Å². The molecule has 0 aromatic heterocycles. The van der Waals surface area contributed by atoms with Crippen LogP contribution < -0.4 is 0 Å². The van der Waals surface area contributed by atoms with Crippen molar-refractivity contribution in [1.82, 2.24) is 0 Å². The van der Waals surface area contributed by atoms with E-state index in [0.29, 0.717) is 19.3 Å². The minimum atomic E-state index is -4.64. The van der Waals surface area contributed by atoms with Crippen LogP contribution in [0.3, 0.4) is 0 Å². The van der Waals surface area contributed by atoms with Crippen LogP contribution in [0, 0.1) is 5.92 Å². The van der Waals surface area contributed by atoms with Crippen LogP contribution in [-0.2, 0) is 32.7 Å². The van der Waals surface area contributed by atoms with Crippen LogP contribution in [0.5, 0.6) is 0 Å². The highest BCUT2D eigenvalue weighted by Gasteiger charge is 2.27. The van der Waals surface area contributed by atoms with Gasteiger partial charge in [0.1, 0.15) is 12.7 Å². The number of carbonyl (C=O) groups excluding carboxylic acids is 2. The van der Waals surface area contributed by atoms with Gasteiger partial charge in [0.05, 0.1) is 25.9 Å². The van der Waals surface area contributed by atoms with Crippen molar-refractivity contribution in [3.63, 3.8) is 0 Å². The van der Waals surface area contributed by atoms with Gasteiger partial charge in [0, 0.05) is 12.8 Å². The van der Waals surface area contributed by atoms with Crippen molar-refractivity contribution in [3.05, 3.63) is 48.6 Å². The Labute approximate surface area is 358 Å². The second-order valence-electron chi connectivity index (χ2n) is 16.1. The second kappa shape index (κ2) is 41.3. The summed E-state index contributed by atoms with van der Waals surface area (Å²) in [6.07, 6.45) is 39.9. The number of aliphatic hydroxyl groups is 3. The zero-order valence-corrected chi connectivity index (χ0v) is 38.1. The molecule has 0 saturated carbocycles. The Morgan fingerprint density at radius 3 is 1.63 bits per heavy atom. The molecule has 1 unspecified atom stereocenters. The minimum Gasteiger partial charge on any atom is -0.462 e. The molecule has 11 nitrogen and oxygen atoms in total. The maximum atomic E-state index is 12.6. The Morgan fingerprint density at radius 1 is 0.593 bits per heavy atom. The summed E-state index contributed by atoms with van der Waals surface area (Å²) in [5.74, 6) is -0.188. The summed E-state index contributed by atoms with van der Waals surface area (Å²) in [7, 11) is -4.64. The normalized spacial score (nSPS) is 14.8. The summed E-state index contributed by atoms with van der Waals surface area (Å²) in [5.41, 5.74) is 0. The third-order valence-corrected chi connectivity index (χ3v) is 10.7. The predicted octanol–water partition coefficient (Wildman–Crippen LogP) is 11.3. The highest BCUT2D eigenvalue weighted by molar-refractivity contribution is 7.47. The fourth-order valence-corrected chi connectivity index (χ4v) is 6.92. The van der Waals surface area contributed by atoms with Gasteiger partial charge in [-0.2, -0.15) is 0 Å². The number of phosphoric acid groups is 1. The molecule has 12 heteroatoms. The van der Waals surface area contributed by atoms with Crippen molar-refractivity contribution in [2.45, 2.75) is 206 Å². The van der Waals surface area contributed by atoms with E-state index in [2.05, 4.69) is 49.6 Å². The average molecular weight is 857 g/mol. The van der Waals surface area contributed by atoms with E-state index in [0.717, 1.165) is 63.7 Å². The van der Waals surface area contributed by atoms with E-state index in [1.807, 2.05) is 24.3 Å². The number of phosphoric ester groups is 1. The average Bonchev–Trinajstić information content (AvgIpc) is 3.21. The molecule has 0 radical (unpaired) electrons. The van der Waals surface area contributed by atoms with Crippen molar-refractivity contribution in [2.75, 3.05) is 26.4 Å². The summed E-state index contributed by atoms with van der Waals surface area (Å²) < 4.78 is 32.7. The molecule has 4 N–H and O–H groups in total. The molecule has 0 aliphatic rings. The van der Waals surface area contributed by atoms with E-state index in [1.54, 1.807) is 0 Å². The van der Waals surface area contributed by atoms with Gasteiger partial charge in [0.2, 0.25) is 0 Å². The number of aliphatic hydroxyl groups excluding tert-OH is 3. The molecule has 0 spiro atoms. The topological polar surface area (TPSA) is 169 Å². The van der Waals surface area contributed by atoms with Gasteiger partial charge in [-0.15, -0.1) is 0 Å². The SMILES string of the molecule is CCCC[C@H](O)/C=C\C/C=C\C/C=C\C/C=C\CCCC(=O)OC[C@H](COP(=O)(O)OC[C@@H](O)CO)OC(=O)CCCCCCCCCCCCCCCCCC(C)C. The molecule has 0 amide bonds. The lowest BCUT2D eigenvalue weighted by Gasteiger charge is -2.20. The molecule has 0 rings (SSSR count). The highest BCUT2D eigenvalue weighted by atomic mass is 31.2. The van der Waals surface area contributed by atoms with Gasteiger partial charge in [0.15, 0.2) is 6.10 Å². The Hall–Kier alpha value is -2.11. The monoisotopic (exact) mass is 857 g/mol. The van der Waals surface area contributed by atoms with Gasteiger partial charge in [0.25, 0.3) is 0 Å². The molecule has 59 heavy (non-hydrogen) atoms. The van der Waals surface area contributed by atoms with Crippen LogP contribution in [0.1, 0.15) is 188 Å². The number of carbonyl (C=O) groups is 2. The van der Waals surface area contributed by atoms with Gasteiger partial charge in [-0.1, -0.05) is 179 Å². The third kappa shape index (κ3) is 42.4. The molecular formula is C47H85O11P. The number of hydrogen-bond donors (Lipinski definition) is 4. The van der Waals surface area contributed by atoms with Crippen LogP contribution in [0.15, 0.2) is 48.6 Å². The van der Waals surface area contributed by atoms with Crippen molar-refractivity contribution in [2.24, 2.45) is 5.92 Å². The van der Waals surface area contributed by atoms with Gasteiger partial charge in [-0.25, -0.2) is 4.57 Å². The van der Waals surface area contributed by atoms with Crippen LogP contribution in [0.25, 0.3) is 0 Å². The largest absolute Gasteiger partial charge is 0.472 e. The third-order valence-electron chi connectivity index (χ3n) is 9.73. The molecular weight excluding hydrogens is 771 g/mol. The molecule has 0 aromatic carbocycles. The standard InChI is InChI=1S/C47H85O11P/c1-4-5-34-43(49)35-30-26-22-18-14-11-12-15-19-23-27-31-36-46(51)55-40-45(41-57-59(53,54)56-39-44(50)38-48)58-47(52)37-32-28-24-20-16-10-8-6-7-9-13-17-21-25-29-33-42(2)3/h11-12,18-19,22-23,30,35,42-45,48-50H,4-10,13-17,20-21,24-29,31-34,36-41H2,1-3H3,(H,53,54)/b12-11-,22-18-,23-19-,35-30-/t43-,44-,45+/m0/s1. The Morgan fingerprint density at radius 2 is 1.08 bits per heavy atom. The van der Waals surface area contributed by atoms with Crippen LogP contribution in [-0.4, -0.2) is 76.9 Å². The zero-order chi connectivity index (χ0) is 43.7. The van der Waals surface area contributed by atoms with Gasteiger partial charge < -0.3 is 29.7 Å². The molecule has 4 atom stereocenters. The van der Waals surface area contributed by atoms with E-state index < -0.39 is 51.8 Å². The fraction of sp³-hybridized carbons (Fsp3) is 0.787. The Bertz CT molecular complexity index is 1150. The number of esters is 2. The molecule has 0 aliphatic heterocycles. The second-order valence-corrected chi connectivity index (χ2v) is 17.5. The molecule has 344 valence electrons. The molecule has 0 aliphatic carbocycles. The van der Waals surface area contributed by atoms with Crippen molar-refractivity contribution < 1.29 is 52.9 Å². The fourth-order valence-electron chi connectivity index (χ4n) is 6.13. The summed E-state index contributed by atoms with van der Waals surface area (Å²) in [6, 6.07) is 0. The van der Waals surface area contributed by atoms with Crippen LogP contribution in [0.4, 0.5) is 0 Å². The first-order chi connectivity index (χ1) is 28.5. The molecule has 0 heterocycles. The van der Waals surface area contributed by atoms with E-state index in [-0.39, 0.29) is 25.6 Å². The molecule has 0 saturated heterocycles. The highest BCUT2D eigenvalue weighted by Crippen LogP contribution is 2.43. The smallest absolute Gasteiger partial charge is 0.462 e. The molecule has 0 bridgehead atoms. The van der Waals surface area contributed by atoms with E-state index in [1.165, 1.54) is 77.0 Å². The first-order valence-corrected chi connectivity index (χ1v) is 24.5. The molecule has 0 aromatic rings. The summed E-state index contributed by atoms with van der Waals surface area (Å²) in [6.45, 7) is 4.50. The van der Waals surface area contributed by atoms with Gasteiger partial charge in [-0.05, 0) is 50.9 Å². The number of unbranched alkanes of at least 4 members (excludes halogenated alkanes) is 16. The first kappa shape index (κ1) is 56.9. The van der Waals surface area contributed by atoms with Crippen LogP contribution >= 0.6 is 7.82 Å². The predicted molar refractivity (Wildman–Crippen MR) is 239 cm³/mol. The van der Waals surface area contributed by atoms with Gasteiger partial charge in [-0.3, -0.25) is 18.6 Å².